The molecule has 18 heavy (non-hydrogen) atoms. The van der Waals surface area contributed by atoms with Gasteiger partial charge in [-0.15, -0.1) is 0 Å². The first kappa shape index (κ1) is 13.2. The highest BCUT2D eigenvalue weighted by molar-refractivity contribution is 9.10. The van der Waals surface area contributed by atoms with Crippen molar-refractivity contribution >= 4 is 39.0 Å². The number of aromatic nitrogens is 1. The minimum atomic E-state index is -1.37. The third kappa shape index (κ3) is 2.76. The first-order valence-electron chi connectivity index (χ1n) is 4.71. The average molecular weight is 338 g/mol. The first-order valence-corrected chi connectivity index (χ1v) is 5.88. The highest BCUT2D eigenvalue weighted by Crippen LogP contribution is 2.27. The topological polar surface area (TPSA) is 24.9 Å². The van der Waals surface area contributed by atoms with Gasteiger partial charge in [0.2, 0.25) is 0 Å². The van der Waals surface area contributed by atoms with Crippen LogP contribution in [0.4, 0.5) is 24.7 Å². The van der Waals surface area contributed by atoms with Gasteiger partial charge in [0.1, 0.15) is 0 Å². The molecule has 0 amide bonds. The van der Waals surface area contributed by atoms with Crippen LogP contribution in [0.25, 0.3) is 0 Å². The monoisotopic (exact) mass is 336 g/mol. The molecule has 0 saturated heterocycles. The van der Waals surface area contributed by atoms with E-state index in [0.29, 0.717) is 21.2 Å². The summed E-state index contributed by atoms with van der Waals surface area (Å²) in [4.78, 5) is 3.14. The SMILES string of the molecule is Fc1cc(F)c(Nc2ccc(Cl)c(Br)c2)nc1F. The molecule has 0 unspecified atom stereocenters. The van der Waals surface area contributed by atoms with Gasteiger partial charge >= 0.3 is 0 Å². The maximum Gasteiger partial charge on any atom is 0.251 e. The van der Waals surface area contributed by atoms with Gasteiger partial charge in [-0.1, -0.05) is 11.6 Å². The van der Waals surface area contributed by atoms with Crippen molar-refractivity contribution in [1.82, 2.24) is 4.98 Å². The van der Waals surface area contributed by atoms with Gasteiger partial charge in [-0.05, 0) is 34.1 Å². The largest absolute Gasteiger partial charge is 0.338 e. The van der Waals surface area contributed by atoms with Gasteiger partial charge < -0.3 is 5.32 Å². The van der Waals surface area contributed by atoms with E-state index >= 15 is 0 Å². The normalized spacial score (nSPS) is 10.5. The number of halogens is 5. The minimum Gasteiger partial charge on any atom is -0.338 e. The fourth-order valence-electron chi connectivity index (χ4n) is 1.24. The van der Waals surface area contributed by atoms with Crippen LogP contribution in [0.3, 0.4) is 0 Å². The molecule has 1 heterocycles. The van der Waals surface area contributed by atoms with Crippen LogP contribution in [0.5, 0.6) is 0 Å². The Kier molecular flexibility index (Phi) is 3.77. The summed E-state index contributed by atoms with van der Waals surface area (Å²) in [7, 11) is 0. The number of anilines is 2. The molecule has 0 saturated carbocycles. The van der Waals surface area contributed by atoms with E-state index in [1.165, 1.54) is 0 Å². The van der Waals surface area contributed by atoms with Crippen molar-refractivity contribution < 1.29 is 13.2 Å². The van der Waals surface area contributed by atoms with Crippen LogP contribution in [0, 0.1) is 17.6 Å². The van der Waals surface area contributed by atoms with Crippen LogP contribution in [-0.4, -0.2) is 4.98 Å². The zero-order chi connectivity index (χ0) is 13.3. The lowest BCUT2D eigenvalue weighted by Gasteiger charge is -2.08. The van der Waals surface area contributed by atoms with Crippen molar-refractivity contribution in [2.24, 2.45) is 0 Å². The standard InChI is InChI=1S/C11H5BrClF3N2/c12-6-3-5(1-2-7(6)13)17-11-9(15)4-8(14)10(16)18-11/h1-4H,(H,17,18). The summed E-state index contributed by atoms with van der Waals surface area (Å²) in [5, 5.41) is 3.00. The number of pyridine rings is 1. The van der Waals surface area contributed by atoms with Crippen molar-refractivity contribution in [2.75, 3.05) is 5.32 Å². The Hall–Kier alpha value is -1.27. The minimum absolute atomic E-state index is 0.400. The molecule has 94 valence electrons. The molecule has 0 bridgehead atoms. The quantitative estimate of drug-likeness (QED) is 0.806. The van der Waals surface area contributed by atoms with Crippen LogP contribution >= 0.6 is 27.5 Å². The Morgan fingerprint density at radius 1 is 1.11 bits per heavy atom. The second kappa shape index (κ2) is 5.16. The summed E-state index contributed by atoms with van der Waals surface area (Å²) >= 11 is 8.97. The first-order chi connectivity index (χ1) is 8.47. The number of nitrogens with one attached hydrogen (secondary N) is 1. The lowest BCUT2D eigenvalue weighted by atomic mass is 10.3. The average Bonchev–Trinajstić information content (AvgIpc) is 2.31. The maximum atomic E-state index is 13.3. The van der Waals surface area contributed by atoms with Crippen molar-refractivity contribution in [1.29, 1.82) is 0 Å². The van der Waals surface area contributed by atoms with Gasteiger partial charge in [0.05, 0.1) is 5.02 Å². The van der Waals surface area contributed by atoms with E-state index in [2.05, 4.69) is 26.2 Å². The fraction of sp³-hybridized carbons (Fsp3) is 0. The number of benzene rings is 1. The Balaban J connectivity index is 2.34. The second-order valence-corrected chi connectivity index (χ2v) is 4.61. The van der Waals surface area contributed by atoms with Crippen molar-refractivity contribution in [3.63, 3.8) is 0 Å². The van der Waals surface area contributed by atoms with Crippen LogP contribution in [0.2, 0.25) is 5.02 Å². The van der Waals surface area contributed by atoms with Crippen molar-refractivity contribution in [3.8, 4) is 0 Å². The molecule has 2 aromatic rings. The lowest BCUT2D eigenvalue weighted by Crippen LogP contribution is -2.01. The molecule has 7 heteroatoms. The molecule has 0 aliphatic rings. The Bertz CT molecular complexity index is 607. The third-order valence-corrected chi connectivity index (χ3v) is 3.28. The van der Waals surface area contributed by atoms with Crippen LogP contribution in [0.1, 0.15) is 0 Å². The van der Waals surface area contributed by atoms with Gasteiger partial charge in [-0.2, -0.15) is 9.37 Å². The Morgan fingerprint density at radius 2 is 1.83 bits per heavy atom. The summed E-state index contributed by atoms with van der Waals surface area (Å²) < 4.78 is 39.5. The molecule has 0 atom stereocenters. The number of hydrogen-bond donors (Lipinski definition) is 1. The summed E-state index contributed by atoms with van der Waals surface area (Å²) in [6.45, 7) is 0. The number of rotatable bonds is 2. The van der Waals surface area contributed by atoms with Gasteiger partial charge in [0.15, 0.2) is 17.5 Å². The van der Waals surface area contributed by atoms with Crippen molar-refractivity contribution in [2.45, 2.75) is 0 Å². The van der Waals surface area contributed by atoms with Gasteiger partial charge in [0, 0.05) is 16.2 Å². The van der Waals surface area contributed by atoms with Crippen LogP contribution in [0.15, 0.2) is 28.7 Å². The van der Waals surface area contributed by atoms with Crippen LogP contribution in [-0.2, 0) is 0 Å². The highest BCUT2D eigenvalue weighted by Gasteiger charge is 2.12. The molecule has 1 aromatic heterocycles. The van der Waals surface area contributed by atoms with Gasteiger partial charge in [0.25, 0.3) is 5.95 Å². The third-order valence-electron chi connectivity index (χ3n) is 2.07. The van der Waals surface area contributed by atoms with E-state index in [1.54, 1.807) is 18.2 Å². The molecule has 0 fully saturated rings. The van der Waals surface area contributed by atoms with E-state index in [1.807, 2.05) is 0 Å². The molecule has 2 rings (SSSR count). The molecule has 0 radical (unpaired) electrons. The summed E-state index contributed by atoms with van der Waals surface area (Å²) in [5.74, 6) is -4.09. The molecule has 0 aliphatic carbocycles. The number of nitrogens with zero attached hydrogens (tertiary/aromatic N) is 1. The smallest absolute Gasteiger partial charge is 0.251 e. The summed E-state index contributed by atoms with van der Waals surface area (Å²) in [6.07, 6.45) is 0. The zero-order valence-electron chi connectivity index (χ0n) is 8.65. The summed E-state index contributed by atoms with van der Waals surface area (Å²) in [5.41, 5.74) is 0.434. The fourth-order valence-corrected chi connectivity index (χ4v) is 1.74. The van der Waals surface area contributed by atoms with Crippen LogP contribution < -0.4 is 5.32 Å². The predicted molar refractivity (Wildman–Crippen MR) is 66.5 cm³/mol. The molecular formula is C11H5BrClF3N2. The Morgan fingerprint density at radius 3 is 2.50 bits per heavy atom. The number of hydrogen-bond acceptors (Lipinski definition) is 2. The van der Waals surface area contributed by atoms with E-state index in [9.17, 15) is 13.2 Å². The predicted octanol–water partition coefficient (Wildman–Crippen LogP) is 4.66. The molecule has 1 N–H and O–H groups in total. The molecule has 2 nitrogen and oxygen atoms in total. The summed E-state index contributed by atoms with van der Waals surface area (Å²) in [6, 6.07) is 5.10. The zero-order valence-corrected chi connectivity index (χ0v) is 11.0. The molecule has 0 spiro atoms. The lowest BCUT2D eigenvalue weighted by molar-refractivity contribution is 0.467. The molecular weight excluding hydrogens is 332 g/mol. The van der Waals surface area contributed by atoms with E-state index < -0.39 is 23.4 Å². The van der Waals surface area contributed by atoms with E-state index in [-0.39, 0.29) is 0 Å². The van der Waals surface area contributed by atoms with Crippen molar-refractivity contribution in [3.05, 3.63) is 51.3 Å². The van der Waals surface area contributed by atoms with Gasteiger partial charge in [-0.25, -0.2) is 8.78 Å². The Labute approximate surface area is 114 Å². The maximum absolute atomic E-state index is 13.3. The second-order valence-electron chi connectivity index (χ2n) is 3.35. The molecule has 1 aromatic carbocycles. The van der Waals surface area contributed by atoms with E-state index in [0.717, 1.165) is 0 Å². The van der Waals surface area contributed by atoms with E-state index in [4.69, 9.17) is 11.6 Å². The molecule has 0 aliphatic heterocycles. The van der Waals surface area contributed by atoms with Gasteiger partial charge in [-0.3, -0.25) is 0 Å². The highest BCUT2D eigenvalue weighted by atomic mass is 79.9.